The second kappa shape index (κ2) is 2.47. The minimum Gasteiger partial charge on any atom is -0.368 e. The fourth-order valence-electron chi connectivity index (χ4n) is 2.36. The van der Waals surface area contributed by atoms with E-state index in [1.54, 1.807) is 5.57 Å². The quantitative estimate of drug-likeness (QED) is 0.647. The van der Waals surface area contributed by atoms with E-state index in [0.717, 1.165) is 30.8 Å². The molecule has 2 nitrogen and oxygen atoms in total. The lowest BCUT2D eigenvalue weighted by molar-refractivity contribution is 0.878. The van der Waals surface area contributed by atoms with Crippen LogP contribution in [-0.2, 0) is 0 Å². The molecule has 0 aromatic heterocycles. The molecule has 3 rings (SSSR count). The molecule has 2 unspecified atom stereocenters. The van der Waals surface area contributed by atoms with E-state index in [-0.39, 0.29) is 1.43 Å². The van der Waals surface area contributed by atoms with Crippen LogP contribution < -0.4 is 5.32 Å². The summed E-state index contributed by atoms with van der Waals surface area (Å²) in [7, 11) is 0. The lowest BCUT2D eigenvalue weighted by Gasteiger charge is -2.11. The van der Waals surface area contributed by atoms with Crippen molar-refractivity contribution in [2.75, 3.05) is 13.1 Å². The second-order valence-electron chi connectivity index (χ2n) is 4.14. The molecular formula is C11H16N2. The minimum absolute atomic E-state index is 0. The van der Waals surface area contributed by atoms with Crippen molar-refractivity contribution >= 4 is 5.84 Å². The summed E-state index contributed by atoms with van der Waals surface area (Å²) < 4.78 is 0. The maximum atomic E-state index is 4.47. The molecule has 1 saturated carbocycles. The second-order valence-corrected chi connectivity index (χ2v) is 4.14. The molecule has 2 atom stereocenters. The van der Waals surface area contributed by atoms with Gasteiger partial charge in [-0.3, -0.25) is 4.99 Å². The number of hydrogen-bond donors (Lipinski definition) is 1. The van der Waals surface area contributed by atoms with Crippen molar-refractivity contribution in [1.29, 1.82) is 0 Å². The van der Waals surface area contributed by atoms with Gasteiger partial charge in [-0.15, -0.1) is 0 Å². The summed E-state index contributed by atoms with van der Waals surface area (Å²) in [4.78, 5) is 4.47. The van der Waals surface area contributed by atoms with Crippen LogP contribution in [0, 0.1) is 11.8 Å². The van der Waals surface area contributed by atoms with Crippen LogP contribution in [0.4, 0.5) is 0 Å². The molecule has 0 saturated heterocycles. The molecule has 0 amide bonds. The van der Waals surface area contributed by atoms with Crippen LogP contribution >= 0.6 is 0 Å². The van der Waals surface area contributed by atoms with E-state index in [4.69, 9.17) is 0 Å². The smallest absolute Gasteiger partial charge is 0.124 e. The number of nitrogens with one attached hydrogen (secondary N) is 1. The van der Waals surface area contributed by atoms with Gasteiger partial charge < -0.3 is 5.32 Å². The number of amidine groups is 1. The van der Waals surface area contributed by atoms with Crippen LogP contribution in [0.25, 0.3) is 0 Å². The number of fused-ring (bicyclic) bond motifs is 1. The Balaban J connectivity index is 0.000000750. The number of rotatable bonds is 1. The van der Waals surface area contributed by atoms with Gasteiger partial charge >= 0.3 is 0 Å². The van der Waals surface area contributed by atoms with Gasteiger partial charge in [0.1, 0.15) is 5.84 Å². The molecule has 70 valence electrons. The van der Waals surface area contributed by atoms with E-state index in [1.807, 2.05) is 0 Å². The summed E-state index contributed by atoms with van der Waals surface area (Å²) in [6.07, 6.45) is 5.85. The first-order valence-corrected chi connectivity index (χ1v) is 5.03. The van der Waals surface area contributed by atoms with Gasteiger partial charge in [0.15, 0.2) is 0 Å². The van der Waals surface area contributed by atoms with Crippen LogP contribution in [0.15, 0.2) is 28.3 Å². The standard InChI is InChI=1S/C11H14N2.H2/c1-7-2-3-8(10-6-9(7)10)11-12-4-5-13-11;/h2-3,9-10H,4-6H2,1H3,(H,12,13);1H. The number of hydrogen-bond acceptors (Lipinski definition) is 2. The Morgan fingerprint density at radius 1 is 1.46 bits per heavy atom. The normalized spacial score (nSPS) is 35.6. The molecule has 2 aliphatic carbocycles. The van der Waals surface area contributed by atoms with Crippen LogP contribution in [0.1, 0.15) is 14.8 Å². The van der Waals surface area contributed by atoms with Crippen molar-refractivity contribution in [3.05, 3.63) is 23.3 Å². The van der Waals surface area contributed by atoms with Gasteiger partial charge in [-0.25, -0.2) is 0 Å². The summed E-state index contributed by atoms with van der Waals surface area (Å²) in [6.45, 7) is 4.21. The Morgan fingerprint density at radius 2 is 2.38 bits per heavy atom. The molecule has 1 aliphatic heterocycles. The van der Waals surface area contributed by atoms with Gasteiger partial charge in [-0.05, 0) is 30.8 Å². The number of aliphatic imine (C=N–C) groups is 1. The average Bonchev–Trinajstić information content (AvgIpc) is 2.75. The Hall–Kier alpha value is -1.05. The topological polar surface area (TPSA) is 24.4 Å². The van der Waals surface area contributed by atoms with E-state index >= 15 is 0 Å². The maximum absolute atomic E-state index is 4.47. The van der Waals surface area contributed by atoms with Crippen molar-refractivity contribution in [1.82, 2.24) is 5.32 Å². The van der Waals surface area contributed by atoms with Crippen molar-refractivity contribution in [3.8, 4) is 0 Å². The highest BCUT2D eigenvalue weighted by Gasteiger charge is 2.43. The lowest BCUT2D eigenvalue weighted by Crippen LogP contribution is -2.22. The maximum Gasteiger partial charge on any atom is 0.124 e. The largest absolute Gasteiger partial charge is 0.368 e. The number of allylic oxidation sites excluding steroid dienone is 3. The zero-order chi connectivity index (χ0) is 8.84. The molecule has 1 fully saturated rings. The van der Waals surface area contributed by atoms with Crippen LogP contribution in [0.3, 0.4) is 0 Å². The van der Waals surface area contributed by atoms with E-state index < -0.39 is 0 Å². The van der Waals surface area contributed by atoms with Crippen molar-refractivity contribution in [2.45, 2.75) is 13.3 Å². The zero-order valence-corrected chi connectivity index (χ0v) is 7.88. The van der Waals surface area contributed by atoms with Crippen molar-refractivity contribution in [3.63, 3.8) is 0 Å². The predicted octanol–water partition coefficient (Wildman–Crippen LogP) is 1.76. The highest BCUT2D eigenvalue weighted by Crippen LogP contribution is 2.51. The molecule has 3 aliphatic rings. The van der Waals surface area contributed by atoms with Crippen LogP contribution in [-0.4, -0.2) is 18.9 Å². The first-order chi connectivity index (χ1) is 6.36. The van der Waals surface area contributed by atoms with Crippen LogP contribution in [0.2, 0.25) is 0 Å². The first kappa shape index (κ1) is 7.36. The van der Waals surface area contributed by atoms with Gasteiger partial charge in [-0.2, -0.15) is 0 Å². The van der Waals surface area contributed by atoms with E-state index in [9.17, 15) is 0 Å². The lowest BCUT2D eigenvalue weighted by atomic mass is 9.99. The fourth-order valence-corrected chi connectivity index (χ4v) is 2.36. The summed E-state index contributed by atoms with van der Waals surface area (Å²) >= 11 is 0. The Morgan fingerprint density at radius 3 is 3.15 bits per heavy atom. The molecule has 1 heterocycles. The average molecular weight is 176 g/mol. The third kappa shape index (κ3) is 1.05. The predicted molar refractivity (Wildman–Crippen MR) is 55.9 cm³/mol. The molecule has 0 aromatic carbocycles. The van der Waals surface area contributed by atoms with Crippen molar-refractivity contribution < 1.29 is 1.43 Å². The summed E-state index contributed by atoms with van der Waals surface area (Å²) in [5.74, 6) is 2.79. The summed E-state index contributed by atoms with van der Waals surface area (Å²) in [5, 5.41) is 3.35. The molecule has 0 spiro atoms. The molecule has 1 N–H and O–H groups in total. The minimum atomic E-state index is 0. The first-order valence-electron chi connectivity index (χ1n) is 5.03. The van der Waals surface area contributed by atoms with E-state index in [2.05, 4.69) is 29.4 Å². The highest BCUT2D eigenvalue weighted by molar-refractivity contribution is 6.00. The molecule has 0 bridgehead atoms. The van der Waals surface area contributed by atoms with Gasteiger partial charge in [0.25, 0.3) is 0 Å². The van der Waals surface area contributed by atoms with Gasteiger partial charge in [0, 0.05) is 7.97 Å². The molecule has 0 aromatic rings. The Bertz CT molecular complexity index is 341. The molecule has 2 heteroatoms. The Kier molecular flexibility index (Phi) is 1.40. The zero-order valence-electron chi connectivity index (χ0n) is 7.88. The van der Waals surface area contributed by atoms with E-state index in [1.165, 1.54) is 12.0 Å². The SMILES string of the molecule is CC1=CC=C(C2=NCCN2)C2CC12.[HH]. The highest BCUT2D eigenvalue weighted by atomic mass is 15.1. The molecule has 0 radical (unpaired) electrons. The molecule has 13 heavy (non-hydrogen) atoms. The Labute approximate surface area is 79.9 Å². The van der Waals surface area contributed by atoms with E-state index in [0.29, 0.717) is 0 Å². The van der Waals surface area contributed by atoms with Crippen molar-refractivity contribution in [2.24, 2.45) is 16.8 Å². The number of nitrogens with zero attached hydrogens (tertiary/aromatic N) is 1. The molecular weight excluding hydrogens is 160 g/mol. The fraction of sp³-hybridized carbons (Fsp3) is 0.545. The van der Waals surface area contributed by atoms with Gasteiger partial charge in [-0.1, -0.05) is 17.7 Å². The van der Waals surface area contributed by atoms with Crippen LogP contribution in [0.5, 0.6) is 0 Å². The summed E-state index contributed by atoms with van der Waals surface area (Å²) in [5.41, 5.74) is 3.00. The van der Waals surface area contributed by atoms with Gasteiger partial charge in [0.2, 0.25) is 0 Å². The monoisotopic (exact) mass is 176 g/mol. The van der Waals surface area contributed by atoms with Gasteiger partial charge in [0.05, 0.1) is 6.54 Å². The third-order valence-electron chi connectivity index (χ3n) is 3.25. The third-order valence-corrected chi connectivity index (χ3v) is 3.25. The summed E-state index contributed by atoms with van der Waals surface area (Å²) in [6, 6.07) is 0.